The summed E-state index contributed by atoms with van der Waals surface area (Å²) in [5, 5.41) is 3.33. The first-order valence-corrected chi connectivity index (χ1v) is 8.86. The summed E-state index contributed by atoms with van der Waals surface area (Å²) in [5.74, 6) is -0.283. The van der Waals surface area contributed by atoms with Gasteiger partial charge in [-0.05, 0) is 43.2 Å². The Hall–Kier alpha value is -2.47. The fraction of sp³-hybridized carbons (Fsp3) is 0.400. The summed E-state index contributed by atoms with van der Waals surface area (Å²) in [4.78, 5) is 21.2. The van der Waals surface area contributed by atoms with Gasteiger partial charge < -0.3 is 10.2 Å². The van der Waals surface area contributed by atoms with Crippen LogP contribution in [0.3, 0.4) is 0 Å². The van der Waals surface area contributed by atoms with Gasteiger partial charge in [-0.15, -0.1) is 0 Å². The first-order valence-electron chi connectivity index (χ1n) is 8.86. The highest BCUT2D eigenvalue weighted by molar-refractivity contribution is 5.89. The van der Waals surface area contributed by atoms with E-state index in [0.29, 0.717) is 18.5 Å². The molecule has 26 heavy (non-hydrogen) atoms. The van der Waals surface area contributed by atoms with Gasteiger partial charge in [0, 0.05) is 45.6 Å². The summed E-state index contributed by atoms with van der Waals surface area (Å²) < 4.78 is 13.6. The molecule has 3 rings (SSSR count). The van der Waals surface area contributed by atoms with Crippen molar-refractivity contribution in [1.82, 2.24) is 14.8 Å². The number of rotatable bonds is 5. The van der Waals surface area contributed by atoms with E-state index in [9.17, 15) is 9.18 Å². The van der Waals surface area contributed by atoms with Crippen LogP contribution in [0.5, 0.6) is 0 Å². The third-order valence-electron chi connectivity index (χ3n) is 4.85. The zero-order valence-corrected chi connectivity index (χ0v) is 15.3. The summed E-state index contributed by atoms with van der Waals surface area (Å²) >= 11 is 0. The number of carbonyl (C=O) groups excluding carboxylic acids is 1. The van der Waals surface area contributed by atoms with Gasteiger partial charge in [-0.1, -0.05) is 12.1 Å². The van der Waals surface area contributed by atoms with Gasteiger partial charge in [-0.3, -0.25) is 14.7 Å². The van der Waals surface area contributed by atoms with E-state index in [2.05, 4.69) is 15.2 Å². The van der Waals surface area contributed by atoms with Crippen LogP contribution in [0, 0.1) is 5.82 Å². The van der Waals surface area contributed by atoms with Gasteiger partial charge in [0.1, 0.15) is 11.4 Å². The maximum Gasteiger partial charge on any atom is 0.247 e. The molecule has 0 saturated carbocycles. The van der Waals surface area contributed by atoms with Crippen LogP contribution in [0.2, 0.25) is 0 Å². The number of halogens is 1. The molecule has 0 atom stereocenters. The predicted molar refractivity (Wildman–Crippen MR) is 100 cm³/mol. The summed E-state index contributed by atoms with van der Waals surface area (Å²) in [6, 6.07) is 12.2. The fourth-order valence-electron chi connectivity index (χ4n) is 3.48. The van der Waals surface area contributed by atoms with E-state index in [1.165, 1.54) is 12.1 Å². The van der Waals surface area contributed by atoms with Crippen LogP contribution < -0.4 is 5.32 Å². The highest BCUT2D eigenvalue weighted by Gasteiger charge is 2.42. The molecule has 1 aliphatic rings. The highest BCUT2D eigenvalue weighted by atomic mass is 19.1. The molecule has 1 fully saturated rings. The van der Waals surface area contributed by atoms with Crippen LogP contribution in [0.4, 0.5) is 10.1 Å². The van der Waals surface area contributed by atoms with Gasteiger partial charge in [0.2, 0.25) is 5.91 Å². The Morgan fingerprint density at radius 2 is 2.00 bits per heavy atom. The molecule has 0 spiro atoms. The first-order chi connectivity index (χ1) is 12.5. The van der Waals surface area contributed by atoms with E-state index in [4.69, 9.17) is 0 Å². The normalized spacial score (nSPS) is 16.9. The molecule has 138 valence electrons. The largest absolute Gasteiger partial charge is 0.371 e. The van der Waals surface area contributed by atoms with Crippen LogP contribution in [0.25, 0.3) is 0 Å². The molecular formula is C20H25FN4O. The number of likely N-dealkylation sites (tertiary alicyclic amines) is 1. The Kier molecular flexibility index (Phi) is 5.52. The minimum absolute atomic E-state index is 0.0271. The van der Waals surface area contributed by atoms with Crippen molar-refractivity contribution >= 4 is 11.6 Å². The van der Waals surface area contributed by atoms with Crippen molar-refractivity contribution < 1.29 is 9.18 Å². The number of benzene rings is 1. The second-order valence-electron chi connectivity index (χ2n) is 7.01. The average molecular weight is 356 g/mol. The smallest absolute Gasteiger partial charge is 0.247 e. The number of hydrogen-bond acceptors (Lipinski definition) is 4. The Morgan fingerprint density at radius 3 is 2.62 bits per heavy atom. The summed E-state index contributed by atoms with van der Waals surface area (Å²) in [5.41, 5.74) is 0.952. The third-order valence-corrected chi connectivity index (χ3v) is 4.85. The Labute approximate surface area is 153 Å². The monoisotopic (exact) mass is 356 g/mol. The summed E-state index contributed by atoms with van der Waals surface area (Å²) in [6.45, 7) is 2.32. The number of hydrogen-bond donors (Lipinski definition) is 1. The topological polar surface area (TPSA) is 48.5 Å². The Bertz CT molecular complexity index is 742. The maximum absolute atomic E-state index is 13.6. The van der Waals surface area contributed by atoms with Gasteiger partial charge in [0.15, 0.2) is 0 Å². The van der Waals surface area contributed by atoms with E-state index < -0.39 is 5.54 Å². The van der Waals surface area contributed by atoms with Crippen molar-refractivity contribution in [2.24, 2.45) is 0 Å². The van der Waals surface area contributed by atoms with E-state index in [1.54, 1.807) is 37.3 Å². The average Bonchev–Trinajstić information content (AvgIpc) is 2.64. The second kappa shape index (κ2) is 7.83. The van der Waals surface area contributed by atoms with Crippen molar-refractivity contribution in [3.63, 3.8) is 0 Å². The maximum atomic E-state index is 13.6. The Balaban J connectivity index is 1.73. The molecular weight excluding hydrogens is 331 g/mol. The lowest BCUT2D eigenvalue weighted by atomic mass is 9.85. The summed E-state index contributed by atoms with van der Waals surface area (Å²) in [6.07, 6.45) is 3.12. The quantitative estimate of drug-likeness (QED) is 0.895. The molecule has 1 aliphatic heterocycles. The molecule has 0 unspecified atom stereocenters. The molecule has 1 N–H and O–H groups in total. The number of piperidine rings is 1. The van der Waals surface area contributed by atoms with Gasteiger partial charge in [-0.25, -0.2) is 4.39 Å². The van der Waals surface area contributed by atoms with Crippen molar-refractivity contribution in [3.8, 4) is 0 Å². The lowest BCUT2D eigenvalue weighted by Crippen LogP contribution is -2.57. The molecule has 0 bridgehead atoms. The minimum Gasteiger partial charge on any atom is -0.371 e. The number of pyridine rings is 1. The number of nitrogens with zero attached hydrogens (tertiary/aromatic N) is 3. The van der Waals surface area contributed by atoms with Crippen LogP contribution in [-0.4, -0.2) is 53.4 Å². The molecule has 0 aliphatic carbocycles. The molecule has 0 radical (unpaired) electrons. The molecule has 1 saturated heterocycles. The second-order valence-corrected chi connectivity index (χ2v) is 7.01. The van der Waals surface area contributed by atoms with Crippen LogP contribution in [0.15, 0.2) is 48.7 Å². The number of aromatic nitrogens is 1. The van der Waals surface area contributed by atoms with E-state index in [-0.39, 0.29) is 11.7 Å². The molecule has 1 aromatic carbocycles. The predicted octanol–water partition coefficient (Wildman–Crippen LogP) is 2.76. The lowest BCUT2D eigenvalue weighted by Gasteiger charge is -2.43. The SMILES string of the molecule is CN(C)C(=O)C1(Nc2cccc(F)c2)CCN(Cc2ccccn2)CC1. The number of amides is 1. The fourth-order valence-corrected chi connectivity index (χ4v) is 3.48. The van der Waals surface area contributed by atoms with Crippen LogP contribution in [-0.2, 0) is 11.3 Å². The number of nitrogens with one attached hydrogen (secondary N) is 1. The van der Waals surface area contributed by atoms with E-state index >= 15 is 0 Å². The number of likely N-dealkylation sites (N-methyl/N-ethyl adjacent to an activating group) is 1. The number of carbonyl (C=O) groups is 1. The molecule has 1 aromatic heterocycles. The van der Waals surface area contributed by atoms with E-state index in [0.717, 1.165) is 25.3 Å². The zero-order chi connectivity index (χ0) is 18.6. The first kappa shape index (κ1) is 18.3. The zero-order valence-electron chi connectivity index (χ0n) is 15.3. The van der Waals surface area contributed by atoms with Gasteiger partial charge in [-0.2, -0.15) is 0 Å². The van der Waals surface area contributed by atoms with E-state index in [1.807, 2.05) is 18.2 Å². The van der Waals surface area contributed by atoms with Crippen molar-refractivity contribution in [1.29, 1.82) is 0 Å². The lowest BCUT2D eigenvalue weighted by molar-refractivity contribution is -0.135. The molecule has 2 heterocycles. The minimum atomic E-state index is -0.710. The van der Waals surface area contributed by atoms with Gasteiger partial charge >= 0.3 is 0 Å². The number of anilines is 1. The van der Waals surface area contributed by atoms with Gasteiger partial charge in [0.05, 0.1) is 5.69 Å². The van der Waals surface area contributed by atoms with Gasteiger partial charge in [0.25, 0.3) is 0 Å². The standard InChI is InChI=1S/C20H25FN4O/c1-24(2)19(26)20(23-17-8-5-6-16(21)14-17)9-12-25(13-10-20)15-18-7-3-4-11-22-18/h3-8,11,14,23H,9-10,12-13,15H2,1-2H3. The van der Waals surface area contributed by atoms with Crippen molar-refractivity contribution in [2.75, 3.05) is 32.5 Å². The molecule has 1 amide bonds. The van der Waals surface area contributed by atoms with Crippen molar-refractivity contribution in [2.45, 2.75) is 24.9 Å². The summed E-state index contributed by atoms with van der Waals surface area (Å²) in [7, 11) is 3.52. The molecule has 5 nitrogen and oxygen atoms in total. The third kappa shape index (κ3) is 4.19. The molecule has 6 heteroatoms. The van der Waals surface area contributed by atoms with Crippen molar-refractivity contribution in [3.05, 3.63) is 60.2 Å². The van der Waals surface area contributed by atoms with Crippen LogP contribution >= 0.6 is 0 Å². The van der Waals surface area contributed by atoms with Crippen LogP contribution in [0.1, 0.15) is 18.5 Å². The Morgan fingerprint density at radius 1 is 1.23 bits per heavy atom. The molecule has 2 aromatic rings. The highest BCUT2D eigenvalue weighted by Crippen LogP contribution is 2.29.